The second kappa shape index (κ2) is 4.77. The summed E-state index contributed by atoms with van der Waals surface area (Å²) in [5.74, 6) is 3.87. The zero-order valence-electron chi connectivity index (χ0n) is 10.3. The minimum atomic E-state index is 0.902. The van der Waals surface area contributed by atoms with Crippen molar-refractivity contribution in [3.8, 4) is 0 Å². The van der Waals surface area contributed by atoms with Crippen LogP contribution in [0.15, 0.2) is 24.3 Å². The van der Waals surface area contributed by atoms with Crippen LogP contribution in [-0.4, -0.2) is 0 Å². The van der Waals surface area contributed by atoms with Crippen molar-refractivity contribution in [3.05, 3.63) is 24.3 Å². The molecule has 88 valence electrons. The van der Waals surface area contributed by atoms with Gasteiger partial charge in [0, 0.05) is 0 Å². The smallest absolute Gasteiger partial charge is 0.0137 e. The molecular formula is C16H24. The molecule has 3 rings (SSSR count). The molecule has 0 radical (unpaired) electrons. The Morgan fingerprint density at radius 2 is 1.12 bits per heavy atom. The maximum atomic E-state index is 2.55. The summed E-state index contributed by atoms with van der Waals surface area (Å²) in [7, 11) is 0. The van der Waals surface area contributed by atoms with Crippen LogP contribution in [-0.2, 0) is 0 Å². The Bertz CT molecular complexity index is 256. The van der Waals surface area contributed by atoms with E-state index in [1.807, 2.05) is 0 Å². The van der Waals surface area contributed by atoms with Crippen molar-refractivity contribution in [1.29, 1.82) is 0 Å². The molecule has 4 atom stereocenters. The first kappa shape index (κ1) is 10.6. The average Bonchev–Trinajstić information content (AvgIpc) is 2.23. The first-order chi connectivity index (χ1) is 7.97. The number of rotatable bonds is 0. The van der Waals surface area contributed by atoms with Crippen LogP contribution in [0, 0.1) is 23.7 Å². The number of allylic oxidation sites excluding steroid dienone is 4. The fourth-order valence-corrected chi connectivity index (χ4v) is 4.14. The molecule has 0 amide bonds. The van der Waals surface area contributed by atoms with Crippen molar-refractivity contribution in [2.45, 2.75) is 51.4 Å². The monoisotopic (exact) mass is 216 g/mol. The highest BCUT2D eigenvalue weighted by atomic mass is 14.5. The third kappa shape index (κ3) is 1.87. The molecule has 0 bridgehead atoms. The summed E-state index contributed by atoms with van der Waals surface area (Å²) in [5, 5.41) is 0. The van der Waals surface area contributed by atoms with Gasteiger partial charge in [-0.1, -0.05) is 37.1 Å². The highest BCUT2D eigenvalue weighted by molar-refractivity contribution is 5.13. The van der Waals surface area contributed by atoms with E-state index in [1.165, 1.54) is 51.4 Å². The molecule has 1 saturated carbocycles. The van der Waals surface area contributed by atoms with E-state index in [1.54, 1.807) is 0 Å². The molecule has 0 heterocycles. The van der Waals surface area contributed by atoms with Crippen LogP contribution >= 0.6 is 0 Å². The largest absolute Gasteiger partial charge is 0.0882 e. The van der Waals surface area contributed by atoms with E-state index in [-0.39, 0.29) is 0 Å². The van der Waals surface area contributed by atoms with E-state index in [0.717, 1.165) is 23.7 Å². The first-order valence-electron chi connectivity index (χ1n) is 7.30. The molecule has 4 unspecified atom stereocenters. The summed E-state index contributed by atoms with van der Waals surface area (Å²) in [6.07, 6.45) is 21.5. The molecule has 3 aliphatic carbocycles. The van der Waals surface area contributed by atoms with Crippen LogP contribution in [0.4, 0.5) is 0 Å². The second-order valence-electron chi connectivity index (χ2n) is 5.91. The van der Waals surface area contributed by atoms with Gasteiger partial charge in [-0.25, -0.2) is 0 Å². The summed E-state index contributed by atoms with van der Waals surface area (Å²) < 4.78 is 0. The quantitative estimate of drug-likeness (QED) is 0.514. The minimum absolute atomic E-state index is 0.902. The molecule has 0 aromatic carbocycles. The topological polar surface area (TPSA) is 0 Å². The SMILES string of the molecule is C1=C\C2C3/C=C\CCCCC3C2CCCC/1. The predicted molar refractivity (Wildman–Crippen MR) is 69.2 cm³/mol. The number of hydrogen-bond acceptors (Lipinski definition) is 0. The summed E-state index contributed by atoms with van der Waals surface area (Å²) in [5.41, 5.74) is 0. The van der Waals surface area contributed by atoms with Crippen LogP contribution in [0.2, 0.25) is 0 Å². The summed E-state index contributed by atoms with van der Waals surface area (Å²) in [6, 6.07) is 0. The Morgan fingerprint density at radius 1 is 0.625 bits per heavy atom. The second-order valence-corrected chi connectivity index (χ2v) is 5.91. The van der Waals surface area contributed by atoms with Crippen LogP contribution < -0.4 is 0 Å². The van der Waals surface area contributed by atoms with Gasteiger partial charge in [0.05, 0.1) is 0 Å². The van der Waals surface area contributed by atoms with Crippen LogP contribution in [0.3, 0.4) is 0 Å². The lowest BCUT2D eigenvalue weighted by molar-refractivity contribution is 0.0227. The van der Waals surface area contributed by atoms with Gasteiger partial charge in [0.2, 0.25) is 0 Å². The molecule has 0 aromatic rings. The molecular weight excluding hydrogens is 192 g/mol. The lowest BCUT2D eigenvalue weighted by atomic mass is 9.53. The lowest BCUT2D eigenvalue weighted by Crippen LogP contribution is -2.45. The average molecular weight is 216 g/mol. The van der Waals surface area contributed by atoms with Gasteiger partial charge < -0.3 is 0 Å². The molecule has 0 heteroatoms. The van der Waals surface area contributed by atoms with Crippen LogP contribution in [0.5, 0.6) is 0 Å². The Labute approximate surface area is 99.8 Å². The molecule has 3 aliphatic rings. The fraction of sp³-hybridized carbons (Fsp3) is 0.750. The van der Waals surface area contributed by atoms with Gasteiger partial charge in [0.1, 0.15) is 0 Å². The summed E-state index contributed by atoms with van der Waals surface area (Å²) >= 11 is 0. The van der Waals surface area contributed by atoms with E-state index < -0.39 is 0 Å². The summed E-state index contributed by atoms with van der Waals surface area (Å²) in [6.45, 7) is 0. The molecule has 0 nitrogen and oxygen atoms in total. The number of hydrogen-bond donors (Lipinski definition) is 0. The first-order valence-corrected chi connectivity index (χ1v) is 7.30. The Balaban J connectivity index is 1.77. The van der Waals surface area contributed by atoms with Gasteiger partial charge >= 0.3 is 0 Å². The minimum Gasteiger partial charge on any atom is -0.0882 e. The van der Waals surface area contributed by atoms with E-state index in [2.05, 4.69) is 24.3 Å². The Hall–Kier alpha value is -0.520. The number of fused-ring (bicyclic) bond motifs is 4. The molecule has 0 spiro atoms. The lowest BCUT2D eigenvalue weighted by Gasteiger charge is -2.52. The van der Waals surface area contributed by atoms with Gasteiger partial charge in [-0.3, -0.25) is 0 Å². The zero-order chi connectivity index (χ0) is 10.8. The van der Waals surface area contributed by atoms with Gasteiger partial charge in [-0.2, -0.15) is 0 Å². The highest BCUT2D eigenvalue weighted by Gasteiger charge is 2.46. The molecule has 0 saturated heterocycles. The standard InChI is InChI=1S/C16H24/c1-2-6-10-14-13(9-5-1)15-11-7-3-4-8-12-16(14)15/h5,7,9,11,13-16H,1-4,6,8,10,12H2/b9-5-,11-7-. The Kier molecular flexibility index (Phi) is 3.17. The van der Waals surface area contributed by atoms with E-state index in [9.17, 15) is 0 Å². The fourth-order valence-electron chi connectivity index (χ4n) is 4.14. The van der Waals surface area contributed by atoms with Gasteiger partial charge in [-0.15, -0.1) is 0 Å². The molecule has 16 heavy (non-hydrogen) atoms. The zero-order valence-corrected chi connectivity index (χ0v) is 10.3. The van der Waals surface area contributed by atoms with Crippen LogP contribution in [0.1, 0.15) is 51.4 Å². The van der Waals surface area contributed by atoms with Gasteiger partial charge in [0.25, 0.3) is 0 Å². The highest BCUT2D eigenvalue weighted by Crippen LogP contribution is 2.53. The van der Waals surface area contributed by atoms with Crippen molar-refractivity contribution in [2.75, 3.05) is 0 Å². The van der Waals surface area contributed by atoms with Crippen LogP contribution in [0.25, 0.3) is 0 Å². The summed E-state index contributed by atoms with van der Waals surface area (Å²) in [4.78, 5) is 0. The molecule has 0 aliphatic heterocycles. The van der Waals surface area contributed by atoms with E-state index in [0.29, 0.717) is 0 Å². The maximum Gasteiger partial charge on any atom is -0.0137 e. The molecule has 0 aromatic heterocycles. The van der Waals surface area contributed by atoms with Crippen molar-refractivity contribution < 1.29 is 0 Å². The predicted octanol–water partition coefficient (Wildman–Crippen LogP) is 4.73. The van der Waals surface area contributed by atoms with Gasteiger partial charge in [0.15, 0.2) is 0 Å². The van der Waals surface area contributed by atoms with Crippen molar-refractivity contribution in [2.24, 2.45) is 23.7 Å². The molecule has 0 N–H and O–H groups in total. The third-order valence-corrected chi connectivity index (χ3v) is 5.02. The maximum absolute atomic E-state index is 2.55. The van der Waals surface area contributed by atoms with E-state index in [4.69, 9.17) is 0 Å². The third-order valence-electron chi connectivity index (χ3n) is 5.02. The van der Waals surface area contributed by atoms with E-state index >= 15 is 0 Å². The van der Waals surface area contributed by atoms with Crippen molar-refractivity contribution in [3.63, 3.8) is 0 Å². The van der Waals surface area contributed by atoms with Crippen molar-refractivity contribution in [1.82, 2.24) is 0 Å². The van der Waals surface area contributed by atoms with Crippen molar-refractivity contribution >= 4 is 0 Å². The van der Waals surface area contributed by atoms with Gasteiger partial charge in [-0.05, 0) is 62.2 Å². The normalized spacial score (nSPS) is 47.0. The Morgan fingerprint density at radius 3 is 1.62 bits per heavy atom. The molecule has 1 fully saturated rings.